The molecule has 32 heteroatoms. The first-order valence-corrected chi connectivity index (χ1v) is 28.7. The van der Waals surface area contributed by atoms with Gasteiger partial charge in [-0.2, -0.15) is 0 Å². The maximum atomic E-state index is 10.7. The Morgan fingerprint density at radius 2 is 0.771 bits per heavy atom. The lowest BCUT2D eigenvalue weighted by Crippen LogP contribution is -2.67. The molecule has 6 N–H and O–H groups in total. The molecule has 0 aliphatic heterocycles. The summed E-state index contributed by atoms with van der Waals surface area (Å²) in [5, 5.41) is 0. The van der Waals surface area contributed by atoms with E-state index in [-0.39, 0.29) is 0 Å². The summed E-state index contributed by atoms with van der Waals surface area (Å²) < 4.78 is 90.7. The molecule has 3 atom stereocenters. The lowest BCUT2D eigenvalue weighted by molar-refractivity contribution is -0.247. The molecule has 0 aromatic carbocycles. The van der Waals surface area contributed by atoms with Crippen LogP contribution >= 0.6 is 0 Å². The van der Waals surface area contributed by atoms with Crippen molar-refractivity contribution in [1.29, 1.82) is 0 Å². The van der Waals surface area contributed by atoms with Crippen molar-refractivity contribution in [1.82, 2.24) is 0 Å². The van der Waals surface area contributed by atoms with Gasteiger partial charge in [-0.25, -0.2) is 0 Å². The molecule has 0 aliphatic carbocycles. The summed E-state index contributed by atoms with van der Waals surface area (Å²) in [5.41, 5.74) is 0. The zero-order valence-electron chi connectivity index (χ0n) is 29.6. The average molecular weight is 853 g/mol. The van der Waals surface area contributed by atoms with Crippen LogP contribution in [0.2, 0.25) is 26.2 Å². The van der Waals surface area contributed by atoms with Crippen LogP contribution in [0.1, 0.15) is 0 Å². The van der Waals surface area contributed by atoms with Gasteiger partial charge < -0.3 is 107 Å². The molecule has 0 saturated heterocycles. The number of methoxy groups -OCH3 is 1. The van der Waals surface area contributed by atoms with Crippen molar-refractivity contribution in [2.75, 3.05) is 78.2 Å². The molecule has 0 bridgehead atoms. The lowest BCUT2D eigenvalue weighted by atomic mass is 11.3. The molecule has 0 rings (SSSR count). The predicted octanol–water partition coefficient (Wildman–Crippen LogP) is -3.55. The van der Waals surface area contributed by atoms with Crippen molar-refractivity contribution < 1.29 is 107 Å². The largest absolute Gasteiger partial charge is 0.682 e. The molecule has 0 radical (unpaired) electrons. The Balaban J connectivity index is 0. The van der Waals surface area contributed by atoms with Crippen LogP contribution in [0.3, 0.4) is 0 Å². The third-order valence-electron chi connectivity index (χ3n) is 5.29. The van der Waals surface area contributed by atoms with Gasteiger partial charge in [0.2, 0.25) is 0 Å². The molecule has 0 saturated carbocycles. The van der Waals surface area contributed by atoms with Crippen molar-refractivity contribution in [2.45, 2.75) is 32.7 Å². The molecule has 0 fully saturated rings. The van der Waals surface area contributed by atoms with E-state index in [1.54, 1.807) is 13.7 Å². The second-order valence-electron chi connectivity index (χ2n) is 9.08. The van der Waals surface area contributed by atoms with Gasteiger partial charge in [0, 0.05) is 91.3 Å². The van der Waals surface area contributed by atoms with Gasteiger partial charge in [0.05, 0.1) is 0 Å². The second kappa shape index (κ2) is 21.5. The Morgan fingerprint density at radius 1 is 0.375 bits per heavy atom. The topological polar surface area (TPSA) is 288 Å². The minimum atomic E-state index is -4.90. The van der Waals surface area contributed by atoms with Gasteiger partial charge in [0.15, 0.2) is 0 Å². The molecule has 0 spiro atoms. The van der Waals surface area contributed by atoms with E-state index in [9.17, 15) is 28.8 Å². The highest BCUT2D eigenvalue weighted by Gasteiger charge is 2.62. The Hall–Kier alpha value is 0.775. The molecule has 0 aromatic rings. The maximum Gasteiger partial charge on any atom is 0.682 e. The van der Waals surface area contributed by atoms with Gasteiger partial charge >= 0.3 is 71.4 Å². The Labute approximate surface area is 289 Å². The first kappa shape index (κ1) is 50.9. The third kappa shape index (κ3) is 18.5. The molecule has 48 heavy (non-hydrogen) atoms. The van der Waals surface area contributed by atoms with Crippen LogP contribution in [0.15, 0.2) is 0 Å². The fourth-order valence-corrected chi connectivity index (χ4v) is 20.9. The standard InChI is InChI=1S/C9H30O17Si5.C7H22O7Si3/c1-15-9(23-31(19-5,20-6)21-7)22-30(14,18-4)26-27(8,24-28(10,11)16-2)25-29(12,13)17-3;1-9-15(5,6)13-16(7,10-2)14-17(8,11-3)12-4/h9-14H,1-8H3;8H,1-7H3. The van der Waals surface area contributed by atoms with Gasteiger partial charge in [-0.3, -0.25) is 0 Å². The molecule has 3 unspecified atom stereocenters. The third-order valence-corrected chi connectivity index (χ3v) is 25.7. The van der Waals surface area contributed by atoms with Crippen molar-refractivity contribution in [3.8, 4) is 0 Å². The Bertz CT molecular complexity index is 861. The Morgan fingerprint density at radius 3 is 1.06 bits per heavy atom. The number of hydrogen-bond donors (Lipinski definition) is 6. The molecular weight excluding hydrogens is 801 g/mol. The van der Waals surface area contributed by atoms with E-state index in [0.717, 1.165) is 35.0 Å². The van der Waals surface area contributed by atoms with Gasteiger partial charge in [-0.05, 0) is 13.1 Å². The van der Waals surface area contributed by atoms with Crippen LogP contribution < -0.4 is 0 Å². The fourth-order valence-electron chi connectivity index (χ4n) is 2.72. The highest BCUT2D eigenvalue weighted by Crippen LogP contribution is 2.25. The molecule has 0 amide bonds. The van der Waals surface area contributed by atoms with Gasteiger partial charge in [-0.15, -0.1) is 0 Å². The van der Waals surface area contributed by atoms with Crippen molar-refractivity contribution in [3.63, 3.8) is 0 Å². The van der Waals surface area contributed by atoms with Crippen LogP contribution in [0.5, 0.6) is 0 Å². The average Bonchev–Trinajstić information content (AvgIpc) is 3.02. The summed E-state index contributed by atoms with van der Waals surface area (Å²) in [7, 11) is -19.0. The smallest absolute Gasteiger partial charge is 0.398 e. The first-order valence-electron chi connectivity index (χ1n) is 13.0. The summed E-state index contributed by atoms with van der Waals surface area (Å²) in [6.45, 7) is 4.54. The van der Waals surface area contributed by atoms with Crippen LogP contribution in [-0.4, -0.2) is 185 Å². The van der Waals surface area contributed by atoms with E-state index >= 15 is 0 Å². The van der Waals surface area contributed by atoms with E-state index in [1.165, 1.54) is 42.7 Å². The summed E-state index contributed by atoms with van der Waals surface area (Å²) in [5.74, 6) is 0. The van der Waals surface area contributed by atoms with Gasteiger partial charge in [-0.1, -0.05) is 0 Å². The molecule has 0 heterocycles. The minimum Gasteiger partial charge on any atom is -0.398 e. The quantitative estimate of drug-likeness (QED) is 0.0383. The highest BCUT2D eigenvalue weighted by molar-refractivity contribution is 6.81. The van der Waals surface area contributed by atoms with E-state index < -0.39 is 77.9 Å². The van der Waals surface area contributed by atoms with E-state index in [4.69, 9.17) is 69.6 Å². The molecular formula is C16H52O24Si8. The summed E-state index contributed by atoms with van der Waals surface area (Å²) in [6, 6.07) is 0. The van der Waals surface area contributed by atoms with Crippen LogP contribution in [-0.2, 0) is 78.4 Å². The van der Waals surface area contributed by atoms with Crippen LogP contribution in [0.25, 0.3) is 0 Å². The Kier molecular flexibility index (Phi) is 22.8. The van der Waals surface area contributed by atoms with Crippen LogP contribution in [0.4, 0.5) is 0 Å². The van der Waals surface area contributed by atoms with E-state index in [2.05, 4.69) is 8.85 Å². The van der Waals surface area contributed by atoms with Crippen molar-refractivity contribution >= 4 is 71.4 Å². The van der Waals surface area contributed by atoms with Crippen LogP contribution in [0, 0.1) is 0 Å². The number of rotatable bonds is 25. The second-order valence-corrected chi connectivity index (χ2v) is 29.3. The SMILES string of the molecule is COC(O[Si](O)(OC)O[Si](C)(O[Si](O)(O)OC)O[Si](O)(O)OC)O[Si](OC)(OC)OC.CO[Si](C)(C)O[Si](C)(OC)O[Si](O)(OC)OC. The highest BCUT2D eigenvalue weighted by atomic mass is 28.5. The van der Waals surface area contributed by atoms with Gasteiger partial charge in [0.1, 0.15) is 0 Å². The molecule has 24 nitrogen and oxygen atoms in total. The summed E-state index contributed by atoms with van der Waals surface area (Å²) >= 11 is 0. The number of ether oxygens (including phenoxy) is 1. The van der Waals surface area contributed by atoms with Crippen molar-refractivity contribution in [2.24, 2.45) is 0 Å². The minimum absolute atomic E-state index is 0.898. The molecule has 0 aromatic heterocycles. The summed E-state index contributed by atoms with van der Waals surface area (Å²) in [6.07, 6.45) is 0. The zero-order valence-corrected chi connectivity index (χ0v) is 37.6. The molecule has 0 aliphatic rings. The van der Waals surface area contributed by atoms with Gasteiger partial charge in [0.25, 0.3) is 6.48 Å². The maximum absolute atomic E-state index is 10.7. The first-order chi connectivity index (χ1) is 21.8. The zero-order chi connectivity index (χ0) is 38.3. The van der Waals surface area contributed by atoms with Crippen molar-refractivity contribution in [3.05, 3.63) is 0 Å². The van der Waals surface area contributed by atoms with E-state index in [1.807, 2.05) is 13.1 Å². The molecule has 292 valence electrons. The monoisotopic (exact) mass is 852 g/mol. The predicted molar refractivity (Wildman–Crippen MR) is 171 cm³/mol. The summed E-state index contributed by atoms with van der Waals surface area (Å²) in [4.78, 5) is 59.7. The number of hydrogen-bond acceptors (Lipinski definition) is 24. The normalized spacial score (nSPS) is 16.9. The fraction of sp³-hybridized carbons (Fsp3) is 1.00. The lowest BCUT2D eigenvalue weighted by Gasteiger charge is -2.37. The van der Waals surface area contributed by atoms with E-state index in [0.29, 0.717) is 0 Å².